The fourth-order valence-electron chi connectivity index (χ4n) is 3.28. The molecule has 0 radical (unpaired) electrons. The Bertz CT molecular complexity index is 664. The highest BCUT2D eigenvalue weighted by molar-refractivity contribution is 6.36. The number of alkyl halides is 3. The average Bonchev–Trinajstić information content (AvgIpc) is 2.92. The first kappa shape index (κ1) is 18.8. The van der Waals surface area contributed by atoms with Gasteiger partial charge in [0.15, 0.2) is 0 Å². The van der Waals surface area contributed by atoms with Crippen molar-refractivity contribution in [2.45, 2.75) is 12.6 Å². The Kier molecular flexibility index (Phi) is 5.83. The summed E-state index contributed by atoms with van der Waals surface area (Å²) in [7, 11) is 0. The average molecular weight is 395 g/mol. The van der Waals surface area contributed by atoms with Crippen molar-refractivity contribution in [2.24, 2.45) is 5.92 Å². The molecular weight excluding hydrogens is 376 g/mol. The fraction of sp³-hybridized carbons (Fsp3) is 0.529. The molecule has 1 aromatic carbocycles. The molecule has 138 valence electrons. The van der Waals surface area contributed by atoms with E-state index in [1.54, 1.807) is 12.1 Å². The zero-order valence-electron chi connectivity index (χ0n) is 13.5. The maximum absolute atomic E-state index is 12.4. The van der Waals surface area contributed by atoms with E-state index >= 15 is 0 Å². The molecule has 1 atom stereocenters. The summed E-state index contributed by atoms with van der Waals surface area (Å²) >= 11 is 12.1. The molecule has 0 amide bonds. The molecule has 2 aliphatic rings. The molecule has 0 bridgehead atoms. The van der Waals surface area contributed by atoms with Gasteiger partial charge in [0.25, 0.3) is 0 Å². The normalized spacial score (nSPS) is 21.0. The third-order valence-corrected chi connectivity index (χ3v) is 4.86. The van der Waals surface area contributed by atoms with Crippen molar-refractivity contribution in [3.05, 3.63) is 33.3 Å². The van der Waals surface area contributed by atoms with Gasteiger partial charge in [-0.25, -0.2) is 0 Å². The Labute approximate surface area is 154 Å². The monoisotopic (exact) mass is 394 g/mol. The first-order valence-electron chi connectivity index (χ1n) is 8.11. The van der Waals surface area contributed by atoms with E-state index in [1.807, 2.05) is 6.08 Å². The smallest absolute Gasteiger partial charge is 0.401 e. The highest BCUT2D eigenvalue weighted by Gasteiger charge is 2.34. The van der Waals surface area contributed by atoms with E-state index in [-0.39, 0.29) is 5.92 Å². The van der Waals surface area contributed by atoms with Gasteiger partial charge in [0.05, 0.1) is 11.6 Å². The minimum Gasteiger partial charge on any atom is -0.487 e. The lowest BCUT2D eigenvalue weighted by Crippen LogP contribution is -2.34. The van der Waals surface area contributed by atoms with E-state index in [0.29, 0.717) is 48.6 Å². The lowest BCUT2D eigenvalue weighted by molar-refractivity contribution is -0.143. The number of ether oxygens (including phenoxy) is 1. The van der Waals surface area contributed by atoms with Gasteiger partial charge in [0, 0.05) is 23.7 Å². The molecule has 2 aliphatic heterocycles. The largest absolute Gasteiger partial charge is 0.487 e. The summed E-state index contributed by atoms with van der Waals surface area (Å²) < 4.78 is 42.9. The standard InChI is InChI=1S/C17H19Cl2F3N2O/c18-14-4-13-3-12(9-25-16(13)15(19)5-14)7-23-6-11-1-2-24(8-11)10-17(20,21)22/h3-5,11,23H,1-2,6-10H2. The minimum absolute atomic E-state index is 0.239. The second-order valence-electron chi connectivity index (χ2n) is 6.53. The van der Waals surface area contributed by atoms with Crippen LogP contribution in [-0.4, -0.2) is 50.4 Å². The molecule has 1 saturated heterocycles. The van der Waals surface area contributed by atoms with Gasteiger partial charge in [-0.1, -0.05) is 23.2 Å². The first-order valence-corrected chi connectivity index (χ1v) is 8.87. The summed E-state index contributed by atoms with van der Waals surface area (Å²) in [5.74, 6) is 0.872. The molecule has 3 rings (SSSR count). The lowest BCUT2D eigenvalue weighted by atomic mass is 10.1. The van der Waals surface area contributed by atoms with Gasteiger partial charge in [-0.2, -0.15) is 13.2 Å². The van der Waals surface area contributed by atoms with Crippen LogP contribution in [0, 0.1) is 5.92 Å². The second kappa shape index (κ2) is 7.74. The lowest BCUT2D eigenvalue weighted by Gasteiger charge is -2.21. The van der Waals surface area contributed by atoms with E-state index < -0.39 is 12.7 Å². The Morgan fingerprint density at radius 3 is 2.84 bits per heavy atom. The number of fused-ring (bicyclic) bond motifs is 1. The van der Waals surface area contributed by atoms with Gasteiger partial charge in [-0.15, -0.1) is 0 Å². The van der Waals surface area contributed by atoms with Gasteiger partial charge < -0.3 is 10.1 Å². The van der Waals surface area contributed by atoms with Gasteiger partial charge >= 0.3 is 6.18 Å². The van der Waals surface area contributed by atoms with E-state index in [0.717, 1.165) is 17.6 Å². The molecule has 0 aromatic heterocycles. The van der Waals surface area contributed by atoms with Crippen molar-refractivity contribution in [2.75, 3.05) is 39.3 Å². The quantitative estimate of drug-likeness (QED) is 0.807. The van der Waals surface area contributed by atoms with Crippen LogP contribution in [0.1, 0.15) is 12.0 Å². The maximum Gasteiger partial charge on any atom is 0.401 e. The molecule has 25 heavy (non-hydrogen) atoms. The highest BCUT2D eigenvalue weighted by Crippen LogP contribution is 2.36. The molecule has 0 aliphatic carbocycles. The Balaban J connectivity index is 1.48. The Morgan fingerprint density at radius 1 is 1.28 bits per heavy atom. The summed E-state index contributed by atoms with van der Waals surface area (Å²) in [5, 5.41) is 4.36. The molecule has 2 heterocycles. The molecule has 8 heteroatoms. The molecule has 3 nitrogen and oxygen atoms in total. The Morgan fingerprint density at radius 2 is 2.08 bits per heavy atom. The molecule has 0 spiro atoms. The number of likely N-dealkylation sites (tertiary alicyclic amines) is 1. The molecular formula is C17H19Cl2F3N2O. The van der Waals surface area contributed by atoms with Crippen LogP contribution in [-0.2, 0) is 0 Å². The van der Waals surface area contributed by atoms with Gasteiger partial charge in [0.1, 0.15) is 12.4 Å². The maximum atomic E-state index is 12.4. The number of benzene rings is 1. The summed E-state index contributed by atoms with van der Waals surface area (Å²) in [6, 6.07) is 3.44. The van der Waals surface area contributed by atoms with Crippen LogP contribution in [0.25, 0.3) is 6.08 Å². The third kappa shape index (κ3) is 5.26. The number of hydrogen-bond acceptors (Lipinski definition) is 3. The molecule has 1 unspecified atom stereocenters. The molecule has 0 saturated carbocycles. The summed E-state index contributed by atoms with van der Waals surface area (Å²) in [6.07, 6.45) is -1.34. The van der Waals surface area contributed by atoms with Crippen molar-refractivity contribution in [1.82, 2.24) is 10.2 Å². The number of rotatable bonds is 5. The van der Waals surface area contributed by atoms with Crippen LogP contribution in [0.3, 0.4) is 0 Å². The van der Waals surface area contributed by atoms with Crippen LogP contribution in [0.5, 0.6) is 5.75 Å². The van der Waals surface area contributed by atoms with Crippen LogP contribution in [0.4, 0.5) is 13.2 Å². The zero-order chi connectivity index (χ0) is 18.0. The van der Waals surface area contributed by atoms with Crippen LogP contribution in [0.15, 0.2) is 17.7 Å². The summed E-state index contributed by atoms with van der Waals surface area (Å²) in [4.78, 5) is 1.47. The fourth-order valence-corrected chi connectivity index (χ4v) is 3.85. The predicted octanol–water partition coefficient (Wildman–Crippen LogP) is 4.24. The number of nitrogens with one attached hydrogen (secondary N) is 1. The van der Waals surface area contributed by atoms with Crippen LogP contribution < -0.4 is 10.1 Å². The van der Waals surface area contributed by atoms with Crippen molar-refractivity contribution in [1.29, 1.82) is 0 Å². The second-order valence-corrected chi connectivity index (χ2v) is 7.38. The summed E-state index contributed by atoms with van der Waals surface area (Å²) in [5.41, 5.74) is 1.90. The predicted molar refractivity (Wildman–Crippen MR) is 93.4 cm³/mol. The van der Waals surface area contributed by atoms with Crippen molar-refractivity contribution in [3.63, 3.8) is 0 Å². The van der Waals surface area contributed by atoms with E-state index in [1.165, 1.54) is 4.90 Å². The number of hydrogen-bond donors (Lipinski definition) is 1. The van der Waals surface area contributed by atoms with E-state index in [9.17, 15) is 13.2 Å². The molecule has 1 N–H and O–H groups in total. The van der Waals surface area contributed by atoms with Crippen LogP contribution >= 0.6 is 23.2 Å². The number of halogens is 5. The molecule has 1 aromatic rings. The van der Waals surface area contributed by atoms with Crippen LogP contribution in [0.2, 0.25) is 10.0 Å². The minimum atomic E-state index is -4.12. The van der Waals surface area contributed by atoms with Gasteiger partial charge in [-0.3, -0.25) is 4.90 Å². The molecule has 1 fully saturated rings. The number of nitrogens with zero attached hydrogens (tertiary/aromatic N) is 1. The highest BCUT2D eigenvalue weighted by atomic mass is 35.5. The SMILES string of the molecule is FC(F)(F)CN1CCC(CNCC2=Cc3cc(Cl)cc(Cl)c3OC2)C1. The first-order chi connectivity index (χ1) is 11.8. The topological polar surface area (TPSA) is 24.5 Å². The Hall–Kier alpha value is -0.950. The van der Waals surface area contributed by atoms with Crippen molar-refractivity contribution in [3.8, 4) is 5.75 Å². The van der Waals surface area contributed by atoms with Crippen molar-refractivity contribution < 1.29 is 17.9 Å². The van der Waals surface area contributed by atoms with E-state index in [4.69, 9.17) is 27.9 Å². The van der Waals surface area contributed by atoms with E-state index in [2.05, 4.69) is 5.32 Å². The van der Waals surface area contributed by atoms with Gasteiger partial charge in [0.2, 0.25) is 0 Å². The summed E-state index contributed by atoms with van der Waals surface area (Å²) in [6.45, 7) is 1.92. The zero-order valence-corrected chi connectivity index (χ0v) is 15.0. The van der Waals surface area contributed by atoms with Gasteiger partial charge in [-0.05, 0) is 49.2 Å². The van der Waals surface area contributed by atoms with Crippen molar-refractivity contribution >= 4 is 29.3 Å². The third-order valence-electron chi connectivity index (χ3n) is 4.36.